The van der Waals surface area contributed by atoms with E-state index in [4.69, 9.17) is 14.2 Å². The summed E-state index contributed by atoms with van der Waals surface area (Å²) in [5.74, 6) is 0.415. The Bertz CT molecular complexity index is 984. The van der Waals surface area contributed by atoms with E-state index in [1.54, 1.807) is 0 Å². The molecule has 1 fully saturated rings. The van der Waals surface area contributed by atoms with Crippen LogP contribution in [0.25, 0.3) is 16.6 Å². The number of carbonyl (C=O) groups is 1. The topological polar surface area (TPSA) is 53.0 Å². The summed E-state index contributed by atoms with van der Waals surface area (Å²) in [5.41, 5.74) is 4.60. The van der Waals surface area contributed by atoms with Crippen molar-refractivity contribution in [2.24, 2.45) is 0 Å². The highest BCUT2D eigenvalue weighted by atomic mass is 16.6. The van der Waals surface area contributed by atoms with Crippen molar-refractivity contribution in [1.29, 1.82) is 0 Å². The number of hydrogen-bond donors (Lipinski definition) is 0. The second kappa shape index (κ2) is 7.08. The summed E-state index contributed by atoms with van der Waals surface area (Å²) >= 11 is 0. The Morgan fingerprint density at radius 2 is 1.93 bits per heavy atom. The number of carbonyl (C=O) groups excluding carboxylic acids is 1. The summed E-state index contributed by atoms with van der Waals surface area (Å²) in [5, 5.41) is 0.834. The van der Waals surface area contributed by atoms with Gasteiger partial charge in [0.15, 0.2) is 0 Å². The molecule has 0 bridgehead atoms. The lowest BCUT2D eigenvalue weighted by atomic mass is 10.1. The van der Waals surface area contributed by atoms with E-state index in [1.165, 1.54) is 5.56 Å². The zero-order valence-electron chi connectivity index (χ0n) is 15.8. The van der Waals surface area contributed by atoms with Crippen molar-refractivity contribution in [2.75, 3.05) is 19.8 Å². The third-order valence-electron chi connectivity index (χ3n) is 4.79. The van der Waals surface area contributed by atoms with Gasteiger partial charge in [-0.25, -0.2) is 4.79 Å². The van der Waals surface area contributed by atoms with E-state index >= 15 is 0 Å². The third kappa shape index (κ3) is 3.43. The van der Waals surface area contributed by atoms with E-state index in [0.717, 1.165) is 34.6 Å². The summed E-state index contributed by atoms with van der Waals surface area (Å²) in [7, 11) is 0. The number of aryl methyl sites for hydroxylation is 1. The largest absolute Gasteiger partial charge is 0.491 e. The summed E-state index contributed by atoms with van der Waals surface area (Å²) < 4.78 is 18.4. The third-order valence-corrected chi connectivity index (χ3v) is 4.79. The van der Waals surface area contributed by atoms with Gasteiger partial charge < -0.3 is 18.8 Å². The molecule has 5 heteroatoms. The van der Waals surface area contributed by atoms with Gasteiger partial charge in [0.05, 0.1) is 24.3 Å². The molecule has 140 valence electrons. The van der Waals surface area contributed by atoms with Crippen LogP contribution in [0.2, 0.25) is 0 Å². The first-order valence-corrected chi connectivity index (χ1v) is 9.22. The molecule has 2 heterocycles. The van der Waals surface area contributed by atoms with E-state index in [1.807, 2.05) is 32.0 Å². The van der Waals surface area contributed by atoms with Gasteiger partial charge in [-0.15, -0.1) is 0 Å². The molecular formula is C22H23NO4. The fourth-order valence-corrected chi connectivity index (χ4v) is 3.33. The van der Waals surface area contributed by atoms with Crippen LogP contribution in [0.4, 0.5) is 0 Å². The Labute approximate surface area is 158 Å². The van der Waals surface area contributed by atoms with Gasteiger partial charge in [0.2, 0.25) is 0 Å². The molecule has 1 unspecified atom stereocenters. The minimum Gasteiger partial charge on any atom is -0.491 e. The first-order valence-electron chi connectivity index (χ1n) is 9.22. The van der Waals surface area contributed by atoms with Gasteiger partial charge in [0, 0.05) is 16.8 Å². The summed E-state index contributed by atoms with van der Waals surface area (Å²) in [6.45, 7) is 7.44. The quantitative estimate of drug-likeness (QED) is 0.485. The lowest BCUT2D eigenvalue weighted by Crippen LogP contribution is -2.07. The zero-order valence-corrected chi connectivity index (χ0v) is 15.8. The van der Waals surface area contributed by atoms with Crippen molar-refractivity contribution in [3.63, 3.8) is 0 Å². The number of rotatable bonds is 6. The van der Waals surface area contributed by atoms with Gasteiger partial charge in [-0.2, -0.15) is 0 Å². The molecule has 1 aliphatic rings. The maximum atomic E-state index is 12.7. The molecule has 0 aliphatic carbocycles. The van der Waals surface area contributed by atoms with Crippen LogP contribution in [0.15, 0.2) is 42.5 Å². The Balaban J connectivity index is 1.85. The van der Waals surface area contributed by atoms with Gasteiger partial charge in [-0.3, -0.25) is 0 Å². The molecule has 2 aromatic carbocycles. The standard InChI is InChI=1S/C22H23NO4/c1-4-25-22(24)21-15(3)23(16-7-5-14(2)6-8-16)20-10-9-17(11-19(20)21)26-12-18-13-27-18/h5-11,18H,4,12-13H2,1-3H3. The van der Waals surface area contributed by atoms with Crippen LogP contribution in [0.3, 0.4) is 0 Å². The molecule has 4 rings (SSSR count). The monoisotopic (exact) mass is 365 g/mol. The van der Waals surface area contributed by atoms with Crippen LogP contribution in [0.1, 0.15) is 28.5 Å². The molecule has 1 aliphatic heterocycles. The number of nitrogens with zero attached hydrogens (tertiary/aromatic N) is 1. The fraction of sp³-hybridized carbons (Fsp3) is 0.318. The first kappa shape index (κ1) is 17.6. The maximum Gasteiger partial charge on any atom is 0.340 e. The van der Waals surface area contributed by atoms with E-state index in [9.17, 15) is 4.79 Å². The lowest BCUT2D eigenvalue weighted by Gasteiger charge is -2.09. The summed E-state index contributed by atoms with van der Waals surface area (Å²) in [6.07, 6.45) is 0.184. The fourth-order valence-electron chi connectivity index (χ4n) is 3.33. The predicted molar refractivity (Wildman–Crippen MR) is 104 cm³/mol. The average molecular weight is 365 g/mol. The molecule has 3 aromatic rings. The molecule has 27 heavy (non-hydrogen) atoms. The summed E-state index contributed by atoms with van der Waals surface area (Å²) in [4.78, 5) is 12.7. The van der Waals surface area contributed by atoms with Crippen LogP contribution in [0, 0.1) is 13.8 Å². The van der Waals surface area contributed by atoms with Gasteiger partial charge >= 0.3 is 5.97 Å². The molecule has 0 N–H and O–H groups in total. The molecule has 1 saturated heterocycles. The Hall–Kier alpha value is -2.79. The van der Waals surface area contributed by atoms with Gasteiger partial charge in [0.1, 0.15) is 18.5 Å². The average Bonchev–Trinajstić information content (AvgIpc) is 3.43. The number of hydrogen-bond acceptors (Lipinski definition) is 4. The highest BCUT2D eigenvalue weighted by Gasteiger charge is 2.25. The van der Waals surface area contributed by atoms with Crippen molar-refractivity contribution < 1.29 is 19.0 Å². The highest BCUT2D eigenvalue weighted by molar-refractivity contribution is 6.07. The lowest BCUT2D eigenvalue weighted by molar-refractivity contribution is 0.0527. The number of esters is 1. The SMILES string of the molecule is CCOC(=O)c1c(C)n(-c2ccc(C)cc2)c2ccc(OCC3CO3)cc12. The van der Waals surface area contributed by atoms with Gasteiger partial charge in [0.25, 0.3) is 0 Å². The molecule has 0 saturated carbocycles. The van der Waals surface area contributed by atoms with Crippen molar-refractivity contribution in [2.45, 2.75) is 26.9 Å². The number of ether oxygens (including phenoxy) is 3. The van der Waals surface area contributed by atoms with Crippen molar-refractivity contribution >= 4 is 16.9 Å². The van der Waals surface area contributed by atoms with E-state index in [-0.39, 0.29) is 12.1 Å². The molecule has 0 amide bonds. The molecule has 0 spiro atoms. The van der Waals surface area contributed by atoms with E-state index < -0.39 is 0 Å². The van der Waals surface area contributed by atoms with Crippen molar-refractivity contribution in [1.82, 2.24) is 4.57 Å². The van der Waals surface area contributed by atoms with Crippen LogP contribution >= 0.6 is 0 Å². The molecule has 0 radical (unpaired) electrons. The van der Waals surface area contributed by atoms with E-state index in [0.29, 0.717) is 18.8 Å². The number of epoxide rings is 1. The Kier molecular flexibility index (Phi) is 4.62. The molecule has 5 nitrogen and oxygen atoms in total. The zero-order chi connectivity index (χ0) is 19.0. The van der Waals surface area contributed by atoms with Crippen LogP contribution in [-0.2, 0) is 9.47 Å². The van der Waals surface area contributed by atoms with Crippen LogP contribution in [0.5, 0.6) is 5.75 Å². The number of benzene rings is 2. The van der Waals surface area contributed by atoms with Gasteiger partial charge in [-0.05, 0) is 51.1 Å². The second-order valence-corrected chi connectivity index (χ2v) is 6.80. The minimum absolute atomic E-state index is 0.184. The van der Waals surface area contributed by atoms with Crippen LogP contribution in [-0.4, -0.2) is 36.5 Å². The first-order chi connectivity index (χ1) is 13.1. The summed E-state index contributed by atoms with van der Waals surface area (Å²) in [6, 6.07) is 14.1. The molecule has 1 aromatic heterocycles. The van der Waals surface area contributed by atoms with Crippen molar-refractivity contribution in [3.05, 3.63) is 59.3 Å². The second-order valence-electron chi connectivity index (χ2n) is 6.80. The Morgan fingerprint density at radius 3 is 2.59 bits per heavy atom. The van der Waals surface area contributed by atoms with Gasteiger partial charge in [-0.1, -0.05) is 17.7 Å². The van der Waals surface area contributed by atoms with E-state index in [2.05, 4.69) is 35.8 Å². The minimum atomic E-state index is -0.312. The Morgan fingerprint density at radius 1 is 1.19 bits per heavy atom. The normalized spacial score (nSPS) is 15.7. The molecular weight excluding hydrogens is 342 g/mol. The number of aromatic nitrogens is 1. The number of fused-ring (bicyclic) bond motifs is 1. The van der Waals surface area contributed by atoms with Crippen LogP contribution < -0.4 is 4.74 Å². The molecule has 1 atom stereocenters. The highest BCUT2D eigenvalue weighted by Crippen LogP contribution is 2.33. The smallest absolute Gasteiger partial charge is 0.340 e. The predicted octanol–water partition coefficient (Wildman–Crippen LogP) is 4.20. The van der Waals surface area contributed by atoms with Crippen molar-refractivity contribution in [3.8, 4) is 11.4 Å². The maximum absolute atomic E-state index is 12.7.